The maximum absolute atomic E-state index is 15.0. The van der Waals surface area contributed by atoms with Crippen LogP contribution in [-0.2, 0) is 15.3 Å². The zero-order valence-corrected chi connectivity index (χ0v) is 19.1. The fourth-order valence-corrected chi connectivity index (χ4v) is 7.49. The van der Waals surface area contributed by atoms with Gasteiger partial charge in [-0.15, -0.1) is 0 Å². The van der Waals surface area contributed by atoms with Crippen LogP contribution in [0.15, 0.2) is 33.8 Å². The second-order valence-electron chi connectivity index (χ2n) is 8.32. The summed E-state index contributed by atoms with van der Waals surface area (Å²) >= 11 is 5.89. The first-order chi connectivity index (χ1) is 14.9. The minimum Gasteiger partial charge on any atom is -0.386 e. The van der Waals surface area contributed by atoms with E-state index in [4.69, 9.17) is 17.3 Å². The van der Waals surface area contributed by atoms with Crippen molar-refractivity contribution >= 4 is 38.9 Å². The second kappa shape index (κ2) is 7.45. The number of pyridine rings is 2. The minimum absolute atomic E-state index is 0.00476. The summed E-state index contributed by atoms with van der Waals surface area (Å²) in [7, 11) is -2.87. The van der Waals surface area contributed by atoms with E-state index >= 15 is 0 Å². The van der Waals surface area contributed by atoms with Crippen molar-refractivity contribution in [3.05, 3.63) is 52.4 Å². The summed E-state index contributed by atoms with van der Waals surface area (Å²) in [6.45, 7) is 5.40. The number of carbonyl (C=O) groups is 1. The maximum Gasteiger partial charge on any atom is 0.276 e. The SMILES string of the molecule is CC1(C)C(N)=N[C@](C)(c2nc(NC(=O)c3ncc(F)cc3Cl)ccc2F)[C@H]2CCN=[S@]21=O. The van der Waals surface area contributed by atoms with Gasteiger partial charge in [0.25, 0.3) is 5.91 Å². The monoisotopic (exact) mass is 482 g/mol. The van der Waals surface area contributed by atoms with Gasteiger partial charge >= 0.3 is 0 Å². The van der Waals surface area contributed by atoms with Gasteiger partial charge in [0.15, 0.2) is 0 Å². The first-order valence-electron chi connectivity index (χ1n) is 9.76. The Hall–Kier alpha value is -2.66. The highest BCUT2D eigenvalue weighted by molar-refractivity contribution is 7.96. The number of amides is 1. The molecule has 0 aromatic carbocycles. The standard InChI is InChI=1S/C20H21ClF2N6O2S/c1-19(2)18(24)29-20(3,13-6-7-26-32(13,19)31)16-12(23)4-5-14(27-16)28-17(30)15-11(21)8-10(22)9-25-15/h4-5,8-9,13H,6-7H2,1-3H3,(H2,24,29)(H,27,28,30)/t13-,20+,32+/m1/s1. The topological polar surface area (TPSA) is 123 Å². The van der Waals surface area contributed by atoms with Crippen molar-refractivity contribution in [3.63, 3.8) is 0 Å². The van der Waals surface area contributed by atoms with Gasteiger partial charge < -0.3 is 11.1 Å². The lowest BCUT2D eigenvalue weighted by molar-refractivity contribution is 0.102. The molecule has 32 heavy (non-hydrogen) atoms. The largest absolute Gasteiger partial charge is 0.386 e. The Morgan fingerprint density at radius 3 is 2.72 bits per heavy atom. The van der Waals surface area contributed by atoms with E-state index in [-0.39, 0.29) is 28.1 Å². The van der Waals surface area contributed by atoms with Crippen LogP contribution in [0, 0.1) is 11.6 Å². The van der Waals surface area contributed by atoms with Crippen LogP contribution < -0.4 is 11.1 Å². The first kappa shape index (κ1) is 22.5. The number of anilines is 1. The third kappa shape index (κ3) is 3.25. The Morgan fingerprint density at radius 2 is 2.03 bits per heavy atom. The maximum atomic E-state index is 15.0. The fraction of sp³-hybridized carbons (Fsp3) is 0.400. The summed E-state index contributed by atoms with van der Waals surface area (Å²) in [5.74, 6) is -2.03. The van der Waals surface area contributed by atoms with E-state index in [1.165, 1.54) is 6.07 Å². The number of rotatable bonds is 3. The smallest absolute Gasteiger partial charge is 0.276 e. The molecular weight excluding hydrogens is 462 g/mol. The molecule has 0 fully saturated rings. The lowest BCUT2D eigenvalue weighted by Gasteiger charge is -2.44. The summed E-state index contributed by atoms with van der Waals surface area (Å²) in [6.07, 6.45) is 1.29. The lowest BCUT2D eigenvalue weighted by Crippen LogP contribution is -2.58. The zero-order valence-electron chi connectivity index (χ0n) is 17.5. The second-order valence-corrected chi connectivity index (χ2v) is 11.7. The predicted octanol–water partition coefficient (Wildman–Crippen LogP) is 3.27. The number of hydrogen-bond donors (Lipinski definition) is 2. The van der Waals surface area contributed by atoms with Crippen molar-refractivity contribution < 1.29 is 17.8 Å². The normalized spacial score (nSPS) is 28.4. The van der Waals surface area contributed by atoms with Crippen LogP contribution >= 0.6 is 11.6 Å². The number of hydrogen-bond acceptors (Lipinski definition) is 7. The van der Waals surface area contributed by atoms with Gasteiger partial charge in [-0.2, -0.15) is 0 Å². The van der Waals surface area contributed by atoms with Crippen molar-refractivity contribution in [2.24, 2.45) is 15.1 Å². The van der Waals surface area contributed by atoms with E-state index < -0.39 is 42.8 Å². The van der Waals surface area contributed by atoms with Crippen molar-refractivity contribution in [2.75, 3.05) is 11.9 Å². The van der Waals surface area contributed by atoms with Crippen LogP contribution in [0.2, 0.25) is 5.02 Å². The van der Waals surface area contributed by atoms with Crippen molar-refractivity contribution in [2.45, 2.75) is 42.7 Å². The number of nitrogens with one attached hydrogen (secondary N) is 1. The number of carbonyl (C=O) groups excluding carboxylic acids is 1. The van der Waals surface area contributed by atoms with Crippen molar-refractivity contribution in [1.82, 2.24) is 9.97 Å². The number of nitrogens with two attached hydrogens (primary N) is 1. The molecule has 170 valence electrons. The Morgan fingerprint density at radius 1 is 1.31 bits per heavy atom. The Bertz CT molecular complexity index is 1290. The molecule has 2 aliphatic rings. The van der Waals surface area contributed by atoms with Crippen LogP contribution in [0.4, 0.5) is 14.6 Å². The summed E-state index contributed by atoms with van der Waals surface area (Å²) in [6, 6.07) is 3.34. The average molecular weight is 483 g/mol. The van der Waals surface area contributed by atoms with Gasteiger partial charge in [-0.05, 0) is 45.4 Å². The van der Waals surface area contributed by atoms with Crippen LogP contribution in [0.5, 0.6) is 0 Å². The van der Waals surface area contributed by atoms with Crippen molar-refractivity contribution in [3.8, 4) is 0 Å². The van der Waals surface area contributed by atoms with Crippen molar-refractivity contribution in [1.29, 1.82) is 0 Å². The quantitative estimate of drug-likeness (QED) is 0.695. The third-order valence-electron chi connectivity index (χ3n) is 5.98. The van der Waals surface area contributed by atoms with Crippen LogP contribution in [-0.4, -0.2) is 42.5 Å². The molecule has 4 rings (SSSR count). The highest BCUT2D eigenvalue weighted by Gasteiger charge is 2.57. The van der Waals surface area contributed by atoms with Gasteiger partial charge in [-0.3, -0.25) is 9.79 Å². The summed E-state index contributed by atoms with van der Waals surface area (Å²) in [5, 5.41) is 1.68. The molecule has 2 aliphatic heterocycles. The first-order valence-corrected chi connectivity index (χ1v) is 11.7. The molecule has 0 aliphatic carbocycles. The predicted molar refractivity (Wildman–Crippen MR) is 118 cm³/mol. The molecule has 3 atom stereocenters. The van der Waals surface area contributed by atoms with E-state index in [1.807, 2.05) is 0 Å². The number of nitrogens with zero attached hydrogens (tertiary/aromatic N) is 4. The molecule has 0 unspecified atom stereocenters. The Balaban J connectivity index is 1.76. The molecule has 8 nitrogen and oxygen atoms in total. The van der Waals surface area contributed by atoms with Crippen LogP contribution in [0.25, 0.3) is 0 Å². The van der Waals surface area contributed by atoms with Gasteiger partial charge in [0.1, 0.15) is 45.0 Å². The fourth-order valence-electron chi connectivity index (χ4n) is 4.10. The van der Waals surface area contributed by atoms with Crippen LogP contribution in [0.3, 0.4) is 0 Å². The number of halogens is 3. The molecule has 0 spiro atoms. The Labute approximate surface area is 188 Å². The third-order valence-corrected chi connectivity index (χ3v) is 9.97. The number of aromatic nitrogens is 2. The molecule has 2 aromatic heterocycles. The highest BCUT2D eigenvalue weighted by Crippen LogP contribution is 2.47. The molecule has 0 saturated heterocycles. The average Bonchev–Trinajstić information content (AvgIpc) is 3.13. The minimum atomic E-state index is -2.87. The number of aliphatic imine (C=N–C) groups is 1. The zero-order chi connectivity index (χ0) is 23.5. The molecule has 0 saturated carbocycles. The molecule has 0 radical (unpaired) electrons. The summed E-state index contributed by atoms with van der Waals surface area (Å²) < 4.78 is 45.4. The summed E-state index contributed by atoms with van der Waals surface area (Å²) in [5.41, 5.74) is 4.50. The molecule has 12 heteroatoms. The van der Waals surface area contributed by atoms with E-state index in [2.05, 4.69) is 24.6 Å². The van der Waals surface area contributed by atoms with Gasteiger partial charge in [0.05, 0.1) is 26.2 Å². The summed E-state index contributed by atoms with van der Waals surface area (Å²) in [4.78, 5) is 25.1. The van der Waals surface area contributed by atoms with Crippen LogP contribution in [0.1, 0.15) is 43.4 Å². The Kier molecular flexibility index (Phi) is 5.24. The molecular formula is C20H21ClF2N6O2S. The van der Waals surface area contributed by atoms with Gasteiger partial charge in [-0.1, -0.05) is 11.6 Å². The molecule has 1 amide bonds. The number of fused-ring (bicyclic) bond motifs is 1. The highest BCUT2D eigenvalue weighted by atomic mass is 35.5. The molecule has 2 aromatic rings. The van der Waals surface area contributed by atoms with E-state index in [9.17, 15) is 17.8 Å². The van der Waals surface area contributed by atoms with Gasteiger partial charge in [0.2, 0.25) is 0 Å². The lowest BCUT2D eigenvalue weighted by atomic mass is 9.89. The van der Waals surface area contributed by atoms with Gasteiger partial charge in [0, 0.05) is 6.54 Å². The molecule has 3 N–H and O–H groups in total. The molecule has 4 heterocycles. The van der Waals surface area contributed by atoms with Gasteiger partial charge in [-0.25, -0.2) is 27.3 Å². The van der Waals surface area contributed by atoms with E-state index in [0.717, 1.165) is 18.3 Å². The van der Waals surface area contributed by atoms with E-state index in [0.29, 0.717) is 13.0 Å². The number of amidine groups is 1. The molecule has 0 bridgehead atoms. The van der Waals surface area contributed by atoms with E-state index in [1.54, 1.807) is 20.8 Å².